The van der Waals surface area contributed by atoms with Gasteiger partial charge >= 0.3 is 0 Å². The monoisotopic (exact) mass is 232 g/mol. The largest absolute Gasteiger partial charge is 0.748 e. The number of imidazole rings is 1. The smallest absolute Gasteiger partial charge is 0.243 e. The fourth-order valence-corrected chi connectivity index (χ4v) is 1.22. The molecule has 0 saturated carbocycles. The molecule has 0 aliphatic carbocycles. The normalized spacial score (nSPS) is 11.2. The summed E-state index contributed by atoms with van der Waals surface area (Å²) in [5.74, 6) is -0.399. The zero-order chi connectivity index (χ0) is 11.9. The third kappa shape index (κ3) is 9.17. The van der Waals surface area contributed by atoms with Gasteiger partial charge in [0.05, 0.1) is 30.0 Å². The Kier molecular flexibility index (Phi) is 5.88. The van der Waals surface area contributed by atoms with Crippen molar-refractivity contribution >= 4 is 10.1 Å². The highest BCUT2D eigenvalue weighted by Crippen LogP contribution is 1.81. The lowest BCUT2D eigenvalue weighted by Crippen LogP contribution is -2.23. The second kappa shape index (κ2) is 6.36. The third-order valence-corrected chi connectivity index (χ3v) is 2.04. The Balaban J connectivity index is 0.000000262. The molecule has 15 heavy (non-hydrogen) atoms. The predicted octanol–water partition coefficient (Wildman–Crippen LogP) is -0.0427. The molecular weight excluding hydrogens is 216 g/mol. The molecule has 6 heteroatoms. The Morgan fingerprint density at radius 3 is 2.27 bits per heavy atom. The molecule has 1 rings (SSSR count). The topological polar surface area (TPSA) is 66.0 Å². The summed E-state index contributed by atoms with van der Waals surface area (Å²) in [6.45, 7) is 1.66. The van der Waals surface area contributed by atoms with Crippen molar-refractivity contribution in [3.05, 3.63) is 30.9 Å². The van der Waals surface area contributed by atoms with E-state index in [-0.39, 0.29) is 0 Å². The van der Waals surface area contributed by atoms with E-state index in [1.807, 2.05) is 42.0 Å². The molecule has 0 fully saturated rings. The average molecular weight is 232 g/mol. The lowest BCUT2D eigenvalue weighted by atomic mass is 10.6. The molecule has 0 N–H and O–H groups in total. The summed E-state index contributed by atoms with van der Waals surface area (Å²) >= 11 is 0. The van der Waals surface area contributed by atoms with E-state index in [0.717, 1.165) is 0 Å². The minimum Gasteiger partial charge on any atom is -0.748 e. The summed E-state index contributed by atoms with van der Waals surface area (Å²) in [6, 6.07) is 0. The molecule has 0 aliphatic rings. The molecular formula is C9H16N2O3S. The van der Waals surface area contributed by atoms with E-state index in [2.05, 4.69) is 0 Å². The first kappa shape index (κ1) is 13.9. The van der Waals surface area contributed by atoms with Crippen molar-refractivity contribution < 1.29 is 17.5 Å². The summed E-state index contributed by atoms with van der Waals surface area (Å²) in [6.07, 6.45) is 8.83. The van der Waals surface area contributed by atoms with Crippen LogP contribution in [-0.2, 0) is 24.2 Å². The van der Waals surface area contributed by atoms with Crippen molar-refractivity contribution in [2.75, 3.05) is 5.75 Å². The molecule has 0 aliphatic heterocycles. The number of aromatic nitrogens is 2. The number of allylic oxidation sites excluding steroid dienone is 1. The molecule has 0 aromatic carbocycles. The quantitative estimate of drug-likeness (QED) is 0.408. The van der Waals surface area contributed by atoms with Crippen LogP contribution in [0.3, 0.4) is 0 Å². The number of aryl methyl sites for hydroxylation is 2. The molecule has 0 saturated heterocycles. The van der Waals surface area contributed by atoms with E-state index in [0.29, 0.717) is 0 Å². The fraction of sp³-hybridized carbons (Fsp3) is 0.444. The first-order valence-corrected chi connectivity index (χ1v) is 5.95. The van der Waals surface area contributed by atoms with Crippen molar-refractivity contribution in [2.45, 2.75) is 6.92 Å². The Morgan fingerprint density at radius 2 is 2.13 bits per heavy atom. The minimum absolute atomic E-state index is 0.399. The molecule has 0 spiro atoms. The van der Waals surface area contributed by atoms with Crippen molar-refractivity contribution in [1.29, 1.82) is 0 Å². The highest BCUT2D eigenvalue weighted by atomic mass is 32.2. The number of hydrogen-bond donors (Lipinski definition) is 0. The lowest BCUT2D eigenvalue weighted by molar-refractivity contribution is -0.670. The van der Waals surface area contributed by atoms with Gasteiger partial charge in [0.25, 0.3) is 0 Å². The summed E-state index contributed by atoms with van der Waals surface area (Å²) in [5, 5.41) is 0. The number of rotatable bonds is 2. The van der Waals surface area contributed by atoms with E-state index in [4.69, 9.17) is 0 Å². The summed E-state index contributed by atoms with van der Waals surface area (Å²) in [5.41, 5.74) is 0. The maximum Gasteiger partial charge on any atom is 0.243 e. The molecule has 0 radical (unpaired) electrons. The molecule has 86 valence electrons. The second-order valence-corrected chi connectivity index (χ2v) is 4.49. The predicted molar refractivity (Wildman–Crippen MR) is 56.0 cm³/mol. The highest BCUT2D eigenvalue weighted by molar-refractivity contribution is 7.85. The van der Waals surface area contributed by atoms with Crippen LogP contribution in [0.5, 0.6) is 0 Å². The third-order valence-electron chi connectivity index (χ3n) is 1.44. The molecule has 1 heterocycles. The zero-order valence-corrected chi connectivity index (χ0v) is 9.94. The van der Waals surface area contributed by atoms with E-state index in [1.54, 1.807) is 6.92 Å². The van der Waals surface area contributed by atoms with Crippen LogP contribution in [-0.4, -0.2) is 23.3 Å². The first-order valence-electron chi connectivity index (χ1n) is 4.37. The van der Waals surface area contributed by atoms with Crippen molar-refractivity contribution in [2.24, 2.45) is 14.1 Å². The SMILES string of the molecule is CC=CCS(=O)(=O)[O-].Cn1cc[n+](C)c1. The van der Waals surface area contributed by atoms with Crippen molar-refractivity contribution in [3.8, 4) is 0 Å². The number of nitrogens with zero attached hydrogens (tertiary/aromatic N) is 2. The van der Waals surface area contributed by atoms with Crippen molar-refractivity contribution in [3.63, 3.8) is 0 Å². The van der Waals surface area contributed by atoms with Crippen LogP contribution in [0, 0.1) is 0 Å². The van der Waals surface area contributed by atoms with Gasteiger partial charge < -0.3 is 4.55 Å². The Bertz CT molecular complexity index is 390. The van der Waals surface area contributed by atoms with Gasteiger partial charge in [-0.2, -0.15) is 0 Å². The molecule has 1 aromatic heterocycles. The second-order valence-electron chi connectivity index (χ2n) is 3.04. The highest BCUT2D eigenvalue weighted by Gasteiger charge is 1.87. The molecule has 0 unspecified atom stereocenters. The maximum absolute atomic E-state index is 9.78. The van der Waals surface area contributed by atoms with Gasteiger partial charge in [0.2, 0.25) is 6.33 Å². The van der Waals surface area contributed by atoms with Gasteiger partial charge in [-0.05, 0) is 6.92 Å². The standard InChI is InChI=1S/C5H9N2.C4H8O3S/c1-6-3-4-7(2)5-6;1-2-3-4-8(5,6)7/h3-5H,1-2H3;2-3H,4H2,1H3,(H,5,6,7)/q+1;/p-1. The Hall–Kier alpha value is -1.14. The Labute approximate surface area is 90.4 Å². The van der Waals surface area contributed by atoms with Gasteiger partial charge in [-0.3, -0.25) is 0 Å². The summed E-state index contributed by atoms with van der Waals surface area (Å²) < 4.78 is 33.4. The lowest BCUT2D eigenvalue weighted by Gasteiger charge is -1.99. The van der Waals surface area contributed by atoms with Gasteiger partial charge in [-0.25, -0.2) is 17.6 Å². The molecule has 5 nitrogen and oxygen atoms in total. The van der Waals surface area contributed by atoms with Gasteiger partial charge in [-0.15, -0.1) is 0 Å². The zero-order valence-electron chi connectivity index (χ0n) is 9.12. The first-order chi connectivity index (χ1) is 6.85. The summed E-state index contributed by atoms with van der Waals surface area (Å²) in [4.78, 5) is 0. The van der Waals surface area contributed by atoms with Crippen LogP contribution in [0.2, 0.25) is 0 Å². The van der Waals surface area contributed by atoms with E-state index >= 15 is 0 Å². The maximum atomic E-state index is 9.78. The molecule has 0 atom stereocenters. The molecule has 1 aromatic rings. The minimum atomic E-state index is -4.02. The van der Waals surface area contributed by atoms with Crippen molar-refractivity contribution in [1.82, 2.24) is 4.57 Å². The van der Waals surface area contributed by atoms with Crippen LogP contribution in [0.4, 0.5) is 0 Å². The van der Waals surface area contributed by atoms with Gasteiger partial charge in [0, 0.05) is 0 Å². The molecule has 0 amide bonds. The van der Waals surface area contributed by atoms with E-state index < -0.39 is 15.9 Å². The van der Waals surface area contributed by atoms with Crippen LogP contribution in [0.1, 0.15) is 6.92 Å². The Morgan fingerprint density at radius 1 is 1.53 bits per heavy atom. The fourth-order valence-electron chi connectivity index (χ4n) is 0.789. The summed E-state index contributed by atoms with van der Waals surface area (Å²) in [7, 11) is -0.0231. The average Bonchev–Trinajstić information content (AvgIpc) is 2.46. The van der Waals surface area contributed by atoms with Gasteiger partial charge in [-0.1, -0.05) is 12.2 Å². The van der Waals surface area contributed by atoms with Crippen LogP contribution in [0.15, 0.2) is 30.9 Å². The van der Waals surface area contributed by atoms with E-state index in [9.17, 15) is 13.0 Å². The van der Waals surface area contributed by atoms with E-state index in [1.165, 1.54) is 12.2 Å². The molecule has 0 bridgehead atoms. The van der Waals surface area contributed by atoms with Gasteiger partial charge in [0.15, 0.2) is 0 Å². The van der Waals surface area contributed by atoms with Crippen LogP contribution >= 0.6 is 0 Å². The van der Waals surface area contributed by atoms with Crippen LogP contribution < -0.4 is 4.57 Å². The van der Waals surface area contributed by atoms with Gasteiger partial charge in [0.1, 0.15) is 12.4 Å². The van der Waals surface area contributed by atoms with Crippen LogP contribution in [0.25, 0.3) is 0 Å². The number of hydrogen-bond acceptors (Lipinski definition) is 3.